The Balaban J connectivity index is 1.43. The minimum atomic E-state index is -3.99. The highest BCUT2D eigenvalue weighted by molar-refractivity contribution is 7.89. The lowest BCUT2D eigenvalue weighted by molar-refractivity contribution is -0.134. The van der Waals surface area contributed by atoms with E-state index in [-0.39, 0.29) is 17.2 Å². The molecule has 5 rings (SSSR count). The predicted molar refractivity (Wildman–Crippen MR) is 130 cm³/mol. The number of nitriles is 1. The summed E-state index contributed by atoms with van der Waals surface area (Å²) in [6, 6.07) is 13.3. The normalized spacial score (nSPS) is 14.6. The van der Waals surface area contributed by atoms with Crippen LogP contribution in [0.2, 0.25) is 0 Å². The van der Waals surface area contributed by atoms with Gasteiger partial charge in [-0.05, 0) is 60.2 Å². The lowest BCUT2D eigenvalue weighted by Gasteiger charge is -2.31. The first-order chi connectivity index (χ1) is 16.5. The number of carbonyl (C=O) groups is 1. The summed E-state index contributed by atoms with van der Waals surface area (Å²) < 4.78 is 31.3. The third-order valence-corrected chi connectivity index (χ3v) is 8.71. The quantitative estimate of drug-likeness (QED) is 0.412. The third-order valence-electron chi connectivity index (χ3n) is 6.16. The number of nitrogens with zero attached hydrogens (tertiary/aromatic N) is 3. The second kappa shape index (κ2) is 9.10. The first-order valence-corrected chi connectivity index (χ1v) is 13.3. The van der Waals surface area contributed by atoms with Crippen molar-refractivity contribution in [2.24, 2.45) is 0 Å². The van der Waals surface area contributed by atoms with Crippen LogP contribution >= 0.6 is 11.3 Å². The Kier molecular flexibility index (Phi) is 6.00. The van der Waals surface area contributed by atoms with E-state index in [4.69, 9.17) is 0 Å². The summed E-state index contributed by atoms with van der Waals surface area (Å²) in [4.78, 5) is 19.7. The average Bonchev–Trinajstić information content (AvgIpc) is 3.60. The number of sulfonamides is 1. The number of aryl methyl sites for hydroxylation is 1. The van der Waals surface area contributed by atoms with Crippen molar-refractivity contribution >= 4 is 38.2 Å². The van der Waals surface area contributed by atoms with Gasteiger partial charge in [-0.1, -0.05) is 6.07 Å². The SMILES string of the molecule is N#Cc1cccn1CCC(NS(=O)(=O)c1cccc2[nH]ccc12)C(=O)N1CCc2sccc2C1. The fourth-order valence-corrected chi connectivity index (χ4v) is 6.75. The molecule has 0 bridgehead atoms. The topological polar surface area (TPSA) is 111 Å². The monoisotopic (exact) mass is 493 g/mol. The third kappa shape index (κ3) is 4.25. The molecule has 1 amide bonds. The fourth-order valence-electron chi connectivity index (χ4n) is 4.41. The molecule has 1 aliphatic rings. The van der Waals surface area contributed by atoms with Crippen LogP contribution < -0.4 is 4.72 Å². The van der Waals surface area contributed by atoms with Crippen LogP contribution in [0.15, 0.2) is 65.1 Å². The molecule has 0 radical (unpaired) electrons. The van der Waals surface area contributed by atoms with Crippen LogP contribution in [0.4, 0.5) is 0 Å². The number of aromatic amines is 1. The summed E-state index contributed by atoms with van der Waals surface area (Å²) in [5.74, 6) is -0.257. The lowest BCUT2D eigenvalue weighted by atomic mass is 10.1. The van der Waals surface area contributed by atoms with E-state index in [1.807, 2.05) is 11.4 Å². The zero-order valence-corrected chi connectivity index (χ0v) is 19.9. The van der Waals surface area contributed by atoms with E-state index in [1.54, 1.807) is 63.5 Å². The Morgan fingerprint density at radius 1 is 1.24 bits per heavy atom. The van der Waals surface area contributed by atoms with Gasteiger partial charge in [0.15, 0.2) is 0 Å². The van der Waals surface area contributed by atoms with Gasteiger partial charge in [0.1, 0.15) is 17.8 Å². The lowest BCUT2D eigenvalue weighted by Crippen LogP contribution is -2.50. The highest BCUT2D eigenvalue weighted by Crippen LogP contribution is 2.26. The number of amides is 1. The predicted octanol–water partition coefficient (Wildman–Crippen LogP) is 3.22. The second-order valence-corrected chi connectivity index (χ2v) is 10.9. The molecule has 10 heteroatoms. The number of hydrogen-bond acceptors (Lipinski definition) is 5. The maximum Gasteiger partial charge on any atom is 0.241 e. The Labute approximate surface area is 201 Å². The first-order valence-electron chi connectivity index (χ1n) is 10.9. The molecule has 0 spiro atoms. The van der Waals surface area contributed by atoms with E-state index in [0.717, 1.165) is 12.0 Å². The van der Waals surface area contributed by atoms with Gasteiger partial charge in [-0.15, -0.1) is 11.3 Å². The van der Waals surface area contributed by atoms with Gasteiger partial charge < -0.3 is 14.5 Å². The van der Waals surface area contributed by atoms with Gasteiger partial charge in [-0.2, -0.15) is 9.98 Å². The van der Waals surface area contributed by atoms with Crippen molar-refractivity contribution in [1.82, 2.24) is 19.2 Å². The molecule has 0 fully saturated rings. The van der Waals surface area contributed by atoms with Crippen LogP contribution in [-0.2, 0) is 34.3 Å². The molecule has 1 aromatic carbocycles. The number of aromatic nitrogens is 2. The number of hydrogen-bond donors (Lipinski definition) is 2. The van der Waals surface area contributed by atoms with Crippen molar-refractivity contribution in [3.8, 4) is 6.07 Å². The summed E-state index contributed by atoms with van der Waals surface area (Å²) in [6.45, 7) is 1.35. The van der Waals surface area contributed by atoms with Gasteiger partial charge in [0, 0.05) is 47.8 Å². The van der Waals surface area contributed by atoms with E-state index in [9.17, 15) is 18.5 Å². The molecular formula is C24H23N5O3S2. The van der Waals surface area contributed by atoms with E-state index < -0.39 is 16.1 Å². The number of benzene rings is 1. The van der Waals surface area contributed by atoms with Crippen LogP contribution in [-0.4, -0.2) is 41.4 Å². The molecule has 1 atom stereocenters. The van der Waals surface area contributed by atoms with Crippen LogP contribution in [0, 0.1) is 11.3 Å². The van der Waals surface area contributed by atoms with Crippen molar-refractivity contribution < 1.29 is 13.2 Å². The second-order valence-electron chi connectivity index (χ2n) is 8.24. The Morgan fingerprint density at radius 3 is 2.97 bits per heavy atom. The molecule has 174 valence electrons. The van der Waals surface area contributed by atoms with Gasteiger partial charge in [0.2, 0.25) is 15.9 Å². The maximum atomic E-state index is 13.6. The summed E-state index contributed by atoms with van der Waals surface area (Å²) >= 11 is 1.68. The van der Waals surface area contributed by atoms with Crippen LogP contribution in [0.25, 0.3) is 10.9 Å². The number of nitrogens with one attached hydrogen (secondary N) is 2. The van der Waals surface area contributed by atoms with Crippen LogP contribution in [0.1, 0.15) is 22.6 Å². The highest BCUT2D eigenvalue weighted by Gasteiger charge is 2.32. The van der Waals surface area contributed by atoms with E-state index in [1.165, 1.54) is 10.9 Å². The molecule has 1 aliphatic heterocycles. The van der Waals surface area contributed by atoms with Gasteiger partial charge in [0.25, 0.3) is 0 Å². The molecule has 1 unspecified atom stereocenters. The van der Waals surface area contributed by atoms with Crippen molar-refractivity contribution in [2.45, 2.75) is 36.9 Å². The molecule has 0 saturated carbocycles. The summed E-state index contributed by atoms with van der Waals surface area (Å²) in [6.07, 6.45) is 4.43. The van der Waals surface area contributed by atoms with Crippen molar-refractivity contribution in [3.63, 3.8) is 0 Å². The van der Waals surface area contributed by atoms with Crippen LogP contribution in [0.3, 0.4) is 0 Å². The number of fused-ring (bicyclic) bond motifs is 2. The summed E-state index contributed by atoms with van der Waals surface area (Å²) in [5.41, 5.74) is 2.28. The minimum absolute atomic E-state index is 0.126. The van der Waals surface area contributed by atoms with E-state index in [0.29, 0.717) is 36.2 Å². The average molecular weight is 494 g/mol. The zero-order valence-electron chi connectivity index (χ0n) is 18.3. The maximum absolute atomic E-state index is 13.6. The molecule has 2 N–H and O–H groups in total. The molecule has 34 heavy (non-hydrogen) atoms. The molecule has 8 nitrogen and oxygen atoms in total. The number of H-pyrrole nitrogens is 1. The Hall–Kier alpha value is -3.39. The standard InChI is InChI=1S/C24H23N5O3S2/c25-15-18-3-2-11-28(18)12-7-21(24(30)29-13-8-22-17(16-29)9-14-33-22)27-34(31,32)23-5-1-4-20-19(23)6-10-26-20/h1-6,9-11,14,21,26-27H,7-8,12-13,16H2. The fraction of sp³-hybridized carbons (Fsp3) is 0.250. The van der Waals surface area contributed by atoms with Gasteiger partial charge in [-0.3, -0.25) is 4.79 Å². The number of carbonyl (C=O) groups excluding carboxylic acids is 1. The van der Waals surface area contributed by atoms with Crippen molar-refractivity contribution in [2.75, 3.05) is 6.54 Å². The van der Waals surface area contributed by atoms with E-state index in [2.05, 4.69) is 15.8 Å². The van der Waals surface area contributed by atoms with Gasteiger partial charge in [0.05, 0.1) is 4.90 Å². The van der Waals surface area contributed by atoms with Gasteiger partial charge in [-0.25, -0.2) is 8.42 Å². The molecule has 3 aromatic heterocycles. The molecule has 4 aromatic rings. The number of rotatable bonds is 7. The number of thiophene rings is 1. The largest absolute Gasteiger partial charge is 0.361 e. The van der Waals surface area contributed by atoms with E-state index >= 15 is 0 Å². The van der Waals surface area contributed by atoms with Gasteiger partial charge >= 0.3 is 0 Å². The van der Waals surface area contributed by atoms with Crippen molar-refractivity contribution in [1.29, 1.82) is 5.26 Å². The van der Waals surface area contributed by atoms with Crippen molar-refractivity contribution in [3.05, 3.63) is 76.4 Å². The summed E-state index contributed by atoms with van der Waals surface area (Å²) in [5, 5.41) is 11.9. The zero-order chi connectivity index (χ0) is 23.7. The molecule has 4 heterocycles. The highest BCUT2D eigenvalue weighted by atomic mass is 32.2. The molecular weight excluding hydrogens is 470 g/mol. The minimum Gasteiger partial charge on any atom is -0.361 e. The Bertz CT molecular complexity index is 1490. The molecule has 0 aliphatic carbocycles. The van der Waals surface area contributed by atoms with Crippen LogP contribution in [0.5, 0.6) is 0 Å². The molecule has 0 saturated heterocycles. The first kappa shape index (κ1) is 22.4. The summed E-state index contributed by atoms with van der Waals surface area (Å²) in [7, 11) is -3.99. The smallest absolute Gasteiger partial charge is 0.241 e. The Morgan fingerprint density at radius 2 is 2.12 bits per heavy atom.